The van der Waals surface area contributed by atoms with Crippen molar-refractivity contribution in [1.82, 2.24) is 4.90 Å². The molecule has 3 heterocycles. The highest BCUT2D eigenvalue weighted by Gasteiger charge is 2.58. The molecule has 4 atom stereocenters. The highest BCUT2D eigenvalue weighted by molar-refractivity contribution is 7.92. The first-order valence-corrected chi connectivity index (χ1v) is 11.7. The average molecular weight is 454 g/mol. The van der Waals surface area contributed by atoms with Crippen molar-refractivity contribution in [2.45, 2.75) is 35.8 Å². The fraction of sp³-hybridized carbons (Fsp3) is 0.304. The summed E-state index contributed by atoms with van der Waals surface area (Å²) in [6, 6.07) is 10.9. The van der Waals surface area contributed by atoms with Crippen molar-refractivity contribution in [1.29, 1.82) is 0 Å². The summed E-state index contributed by atoms with van der Waals surface area (Å²) in [4.78, 5) is 25.8. The number of benzene rings is 2. The number of aliphatic hydroxyl groups excluding tert-OH is 1. The van der Waals surface area contributed by atoms with Crippen molar-refractivity contribution in [3.63, 3.8) is 0 Å². The molecule has 1 saturated heterocycles. The standard InChI is InChI=1S/C23H21NO7S/c1-11-14(21(23(27)28)24-20(11)18(12(2)25)22(24)26)10-31-15-7-5-9-17-19(15)13-6-3-4-8-16(13)32(17,29)30/h3-9,11-12,18,20,25H,10H2,1-2H3,(H,27,28)/p-1/t11-,12?,18?,20?/m0/s1. The molecule has 3 aliphatic heterocycles. The molecule has 3 aliphatic rings. The Labute approximate surface area is 184 Å². The van der Waals surface area contributed by atoms with Gasteiger partial charge in [0, 0.05) is 17.0 Å². The van der Waals surface area contributed by atoms with Gasteiger partial charge in [-0.1, -0.05) is 31.2 Å². The molecule has 2 aromatic rings. The Balaban J connectivity index is 1.52. The van der Waals surface area contributed by atoms with E-state index in [4.69, 9.17) is 4.74 Å². The van der Waals surface area contributed by atoms with Crippen LogP contribution in [0.5, 0.6) is 5.75 Å². The molecule has 5 rings (SSSR count). The number of β-lactam (4-membered cyclic amide) rings is 1. The minimum Gasteiger partial charge on any atom is -0.543 e. The fourth-order valence-corrected chi connectivity index (χ4v) is 6.82. The van der Waals surface area contributed by atoms with E-state index in [2.05, 4.69) is 0 Å². The van der Waals surface area contributed by atoms with Gasteiger partial charge in [-0.15, -0.1) is 0 Å². The molecule has 9 heteroatoms. The van der Waals surface area contributed by atoms with Gasteiger partial charge in [-0.05, 0) is 30.7 Å². The van der Waals surface area contributed by atoms with Crippen molar-refractivity contribution in [3.05, 3.63) is 53.7 Å². The van der Waals surface area contributed by atoms with Crippen molar-refractivity contribution in [2.24, 2.45) is 11.8 Å². The maximum atomic E-state index is 12.9. The quantitative estimate of drug-likeness (QED) is 0.564. The molecule has 0 radical (unpaired) electrons. The van der Waals surface area contributed by atoms with E-state index in [0.717, 1.165) is 0 Å². The highest BCUT2D eigenvalue weighted by Crippen LogP contribution is 2.49. The Morgan fingerprint density at radius 1 is 1.19 bits per heavy atom. The predicted molar refractivity (Wildman–Crippen MR) is 110 cm³/mol. The Morgan fingerprint density at radius 2 is 1.88 bits per heavy atom. The van der Waals surface area contributed by atoms with Crippen molar-refractivity contribution in [2.75, 3.05) is 6.61 Å². The summed E-state index contributed by atoms with van der Waals surface area (Å²) < 4.78 is 31.8. The zero-order chi connectivity index (χ0) is 22.9. The number of rotatable bonds is 5. The van der Waals surface area contributed by atoms with E-state index in [0.29, 0.717) is 22.4 Å². The summed E-state index contributed by atoms with van der Waals surface area (Å²) >= 11 is 0. The number of carbonyl (C=O) groups is 2. The van der Waals surface area contributed by atoms with Crippen LogP contribution in [0.2, 0.25) is 0 Å². The molecule has 3 unspecified atom stereocenters. The van der Waals surface area contributed by atoms with Crippen LogP contribution < -0.4 is 9.84 Å². The second-order valence-electron chi connectivity index (χ2n) is 8.33. The van der Waals surface area contributed by atoms with E-state index in [-0.39, 0.29) is 28.0 Å². The zero-order valence-electron chi connectivity index (χ0n) is 17.3. The molecule has 0 aliphatic carbocycles. The molecule has 166 valence electrons. The van der Waals surface area contributed by atoms with Crippen LogP contribution in [-0.4, -0.2) is 49.1 Å². The number of hydrogen-bond donors (Lipinski definition) is 1. The molecule has 1 fully saturated rings. The number of ether oxygens (including phenoxy) is 1. The summed E-state index contributed by atoms with van der Waals surface area (Å²) in [5.74, 6) is -2.68. The lowest BCUT2D eigenvalue weighted by molar-refractivity contribution is -0.301. The topological polar surface area (TPSA) is 124 Å². The molecule has 0 saturated carbocycles. The number of nitrogens with zero attached hydrogens (tertiary/aromatic N) is 1. The van der Waals surface area contributed by atoms with E-state index < -0.39 is 39.8 Å². The molecular weight excluding hydrogens is 434 g/mol. The number of carboxylic acid groups (broad SMARTS) is 1. The molecule has 1 amide bonds. The number of amides is 1. The van der Waals surface area contributed by atoms with Gasteiger partial charge in [0.2, 0.25) is 15.7 Å². The van der Waals surface area contributed by atoms with Gasteiger partial charge >= 0.3 is 0 Å². The Bertz CT molecular complexity index is 1310. The van der Waals surface area contributed by atoms with Crippen LogP contribution in [0.1, 0.15) is 13.8 Å². The lowest BCUT2D eigenvalue weighted by Gasteiger charge is -2.47. The van der Waals surface area contributed by atoms with Crippen LogP contribution in [0.15, 0.2) is 63.5 Å². The first-order chi connectivity index (χ1) is 15.2. The third-order valence-electron chi connectivity index (χ3n) is 6.62. The summed E-state index contributed by atoms with van der Waals surface area (Å²) in [6.45, 7) is 3.13. The van der Waals surface area contributed by atoms with Crippen LogP contribution in [0.25, 0.3) is 11.1 Å². The van der Waals surface area contributed by atoms with Gasteiger partial charge in [0.25, 0.3) is 0 Å². The van der Waals surface area contributed by atoms with E-state index in [9.17, 15) is 28.2 Å². The number of aliphatic carboxylic acids is 1. The monoisotopic (exact) mass is 454 g/mol. The van der Waals surface area contributed by atoms with E-state index in [1.54, 1.807) is 37.3 Å². The van der Waals surface area contributed by atoms with Crippen molar-refractivity contribution < 1.29 is 33.0 Å². The van der Waals surface area contributed by atoms with E-state index in [1.165, 1.54) is 24.0 Å². The number of hydrogen-bond acceptors (Lipinski definition) is 7. The third-order valence-corrected chi connectivity index (χ3v) is 8.47. The molecule has 1 N–H and O–H groups in total. The minimum atomic E-state index is -3.67. The maximum Gasteiger partial charge on any atom is 0.235 e. The van der Waals surface area contributed by atoms with Gasteiger partial charge in [0.15, 0.2) is 0 Å². The summed E-state index contributed by atoms with van der Waals surface area (Å²) in [5, 5.41) is 21.8. The number of sulfone groups is 1. The normalized spacial score (nSPS) is 25.7. The van der Waals surface area contributed by atoms with Gasteiger partial charge in [0.1, 0.15) is 12.4 Å². The molecule has 0 aromatic heterocycles. The molecule has 32 heavy (non-hydrogen) atoms. The molecule has 0 spiro atoms. The first kappa shape index (κ1) is 20.7. The van der Waals surface area contributed by atoms with Crippen LogP contribution in [0.3, 0.4) is 0 Å². The molecular formula is C23H20NO7S-. The van der Waals surface area contributed by atoms with E-state index >= 15 is 0 Å². The van der Waals surface area contributed by atoms with Crippen molar-refractivity contribution in [3.8, 4) is 16.9 Å². The molecule has 8 nitrogen and oxygen atoms in total. The summed E-state index contributed by atoms with van der Waals surface area (Å²) in [5.41, 5.74) is 1.11. The minimum absolute atomic E-state index is 0.137. The maximum absolute atomic E-state index is 12.9. The van der Waals surface area contributed by atoms with Gasteiger partial charge in [0.05, 0.1) is 39.5 Å². The Hall–Kier alpha value is -3.17. The second-order valence-corrected chi connectivity index (χ2v) is 10.2. The van der Waals surface area contributed by atoms with Gasteiger partial charge in [-0.3, -0.25) is 4.79 Å². The Kier molecular flexibility index (Phi) is 4.48. The number of aliphatic hydroxyl groups is 1. The number of carboxylic acids is 1. The Morgan fingerprint density at radius 3 is 2.56 bits per heavy atom. The second kappa shape index (κ2) is 6.91. The van der Waals surface area contributed by atoms with Crippen LogP contribution in [-0.2, 0) is 19.4 Å². The van der Waals surface area contributed by atoms with Gasteiger partial charge < -0.3 is 24.6 Å². The van der Waals surface area contributed by atoms with Crippen molar-refractivity contribution >= 4 is 21.7 Å². The smallest absolute Gasteiger partial charge is 0.235 e. The lowest BCUT2D eigenvalue weighted by Crippen LogP contribution is -2.64. The largest absolute Gasteiger partial charge is 0.543 e. The van der Waals surface area contributed by atoms with Gasteiger partial charge in [-0.25, -0.2) is 8.42 Å². The molecule has 2 aromatic carbocycles. The summed E-state index contributed by atoms with van der Waals surface area (Å²) in [7, 11) is -3.67. The van der Waals surface area contributed by atoms with Crippen LogP contribution in [0, 0.1) is 11.8 Å². The summed E-state index contributed by atoms with van der Waals surface area (Å²) in [6.07, 6.45) is -0.909. The molecule has 0 bridgehead atoms. The third kappa shape index (κ3) is 2.61. The predicted octanol–water partition coefficient (Wildman–Crippen LogP) is 0.740. The van der Waals surface area contributed by atoms with Crippen LogP contribution in [0.4, 0.5) is 0 Å². The number of fused-ring (bicyclic) bond motifs is 4. The highest BCUT2D eigenvalue weighted by atomic mass is 32.2. The number of carbonyl (C=O) groups excluding carboxylic acids is 2. The average Bonchev–Trinajstić information content (AvgIpc) is 3.13. The first-order valence-electron chi connectivity index (χ1n) is 10.2. The van der Waals surface area contributed by atoms with Crippen LogP contribution >= 0.6 is 0 Å². The lowest BCUT2D eigenvalue weighted by atomic mass is 9.78. The fourth-order valence-electron chi connectivity index (χ4n) is 5.13. The van der Waals surface area contributed by atoms with Gasteiger partial charge in [-0.2, -0.15) is 0 Å². The zero-order valence-corrected chi connectivity index (χ0v) is 18.1. The van der Waals surface area contributed by atoms with E-state index in [1.807, 2.05) is 0 Å². The SMILES string of the molecule is CC(O)C1C(=O)N2C(C(=O)[O-])=C(COc3cccc4c3-c3ccccc3S4(=O)=O)[C@H](C)C12.